The summed E-state index contributed by atoms with van der Waals surface area (Å²) in [4.78, 5) is 14.4. The van der Waals surface area contributed by atoms with Crippen LogP contribution in [-0.4, -0.2) is 36.8 Å². The molecule has 0 unspecified atom stereocenters. The summed E-state index contributed by atoms with van der Waals surface area (Å²) in [5.41, 5.74) is -0.237. The molecule has 1 aliphatic heterocycles. The predicted molar refractivity (Wildman–Crippen MR) is 94.8 cm³/mol. The van der Waals surface area contributed by atoms with E-state index >= 15 is 0 Å². The first-order valence-electron chi connectivity index (χ1n) is 8.38. The summed E-state index contributed by atoms with van der Waals surface area (Å²) in [5, 5.41) is 0. The molecule has 27 heavy (non-hydrogen) atoms. The van der Waals surface area contributed by atoms with Crippen molar-refractivity contribution in [3.63, 3.8) is 0 Å². The average Bonchev–Trinajstić information content (AvgIpc) is 2.99. The molecule has 0 N–H and O–H groups in total. The first-order chi connectivity index (χ1) is 12.7. The summed E-state index contributed by atoms with van der Waals surface area (Å²) in [6.07, 6.45) is -4.28. The fourth-order valence-electron chi connectivity index (χ4n) is 3.16. The van der Waals surface area contributed by atoms with Gasteiger partial charge in [-0.05, 0) is 30.2 Å². The van der Waals surface area contributed by atoms with Crippen molar-refractivity contribution in [2.24, 2.45) is 0 Å². The van der Waals surface area contributed by atoms with Crippen LogP contribution in [0.5, 0.6) is 0 Å². The van der Waals surface area contributed by atoms with Crippen molar-refractivity contribution in [3.05, 3.63) is 71.3 Å². The molecule has 3 rings (SSSR count). The Morgan fingerprint density at radius 1 is 1.07 bits per heavy atom. The van der Waals surface area contributed by atoms with Gasteiger partial charge in [0.2, 0.25) is 0 Å². The Morgan fingerprint density at radius 3 is 2.37 bits per heavy atom. The van der Waals surface area contributed by atoms with Crippen molar-refractivity contribution in [1.29, 1.82) is 0 Å². The lowest BCUT2D eigenvalue weighted by Crippen LogP contribution is -2.40. The highest BCUT2D eigenvalue weighted by Crippen LogP contribution is 2.30. The fraction of sp³-hybridized carbons (Fsp3) is 0.316. The SMILES string of the molecule is O=C(c1cccc(C(F)(F)F)c1)N(Cc1ccccc1)[C@@H]1CCS(=O)(=O)C1. The van der Waals surface area contributed by atoms with Crippen LogP contribution in [0.1, 0.15) is 27.9 Å². The number of halogens is 3. The van der Waals surface area contributed by atoms with Gasteiger partial charge in [0.1, 0.15) is 0 Å². The fourth-order valence-corrected chi connectivity index (χ4v) is 4.89. The number of alkyl halides is 3. The van der Waals surface area contributed by atoms with Crippen LogP contribution in [0.15, 0.2) is 54.6 Å². The van der Waals surface area contributed by atoms with E-state index < -0.39 is 33.5 Å². The molecule has 0 radical (unpaired) electrons. The number of carbonyl (C=O) groups excluding carboxylic acids is 1. The van der Waals surface area contributed by atoms with Crippen molar-refractivity contribution >= 4 is 15.7 Å². The maximum absolute atomic E-state index is 13.0. The predicted octanol–water partition coefficient (Wildman–Crippen LogP) is 3.53. The standard InChI is InChI=1S/C19H18F3NO3S/c20-19(21,22)16-8-4-7-15(11-16)18(24)23(12-14-5-2-1-3-6-14)17-9-10-27(25,26)13-17/h1-8,11,17H,9-10,12-13H2/t17-/m1/s1. The third-order valence-electron chi connectivity index (χ3n) is 4.54. The number of benzene rings is 2. The Morgan fingerprint density at radius 2 is 1.78 bits per heavy atom. The zero-order valence-electron chi connectivity index (χ0n) is 14.3. The Labute approximate surface area is 155 Å². The van der Waals surface area contributed by atoms with Crippen LogP contribution in [0, 0.1) is 0 Å². The lowest BCUT2D eigenvalue weighted by atomic mass is 10.1. The van der Waals surface area contributed by atoms with E-state index in [2.05, 4.69) is 0 Å². The van der Waals surface area contributed by atoms with Gasteiger partial charge in [-0.3, -0.25) is 4.79 Å². The van der Waals surface area contributed by atoms with Crippen LogP contribution in [0.25, 0.3) is 0 Å². The summed E-state index contributed by atoms with van der Waals surface area (Å²) in [5.74, 6) is -0.810. The van der Waals surface area contributed by atoms with E-state index in [1.54, 1.807) is 24.3 Å². The smallest absolute Gasteiger partial charge is 0.330 e. The normalized spacial score (nSPS) is 19.0. The molecule has 0 bridgehead atoms. The van der Waals surface area contributed by atoms with Gasteiger partial charge in [0.05, 0.1) is 17.1 Å². The lowest BCUT2D eigenvalue weighted by Gasteiger charge is -2.29. The Hall–Kier alpha value is -2.35. The highest BCUT2D eigenvalue weighted by molar-refractivity contribution is 7.91. The average molecular weight is 397 g/mol. The Balaban J connectivity index is 1.93. The zero-order valence-corrected chi connectivity index (χ0v) is 15.1. The van der Waals surface area contributed by atoms with Crippen LogP contribution in [-0.2, 0) is 22.6 Å². The minimum absolute atomic E-state index is 0.0289. The topological polar surface area (TPSA) is 54.5 Å². The molecule has 0 saturated carbocycles. The minimum Gasteiger partial charge on any atom is -0.330 e. The second-order valence-electron chi connectivity index (χ2n) is 6.55. The van der Waals surface area contributed by atoms with Gasteiger partial charge in [-0.15, -0.1) is 0 Å². The summed E-state index contributed by atoms with van der Waals surface area (Å²) in [7, 11) is -3.25. The maximum Gasteiger partial charge on any atom is 0.416 e. The number of carbonyl (C=O) groups is 1. The Bertz CT molecular complexity index is 927. The molecule has 1 saturated heterocycles. The summed E-state index contributed by atoms with van der Waals surface area (Å²) >= 11 is 0. The maximum atomic E-state index is 13.0. The molecule has 1 fully saturated rings. The molecule has 8 heteroatoms. The van der Waals surface area contributed by atoms with E-state index in [0.717, 1.165) is 17.7 Å². The van der Waals surface area contributed by atoms with Crippen LogP contribution in [0.3, 0.4) is 0 Å². The van der Waals surface area contributed by atoms with Crippen molar-refractivity contribution in [1.82, 2.24) is 4.90 Å². The van der Waals surface area contributed by atoms with Gasteiger partial charge in [0, 0.05) is 18.2 Å². The quantitative estimate of drug-likeness (QED) is 0.793. The van der Waals surface area contributed by atoms with Crippen molar-refractivity contribution in [3.8, 4) is 0 Å². The van der Waals surface area contributed by atoms with E-state index in [0.29, 0.717) is 0 Å². The first-order valence-corrected chi connectivity index (χ1v) is 10.2. The molecule has 2 aromatic carbocycles. The summed E-state index contributed by atoms with van der Waals surface area (Å²) in [6.45, 7) is 0.135. The third-order valence-corrected chi connectivity index (χ3v) is 6.29. The van der Waals surface area contributed by atoms with E-state index in [1.807, 2.05) is 6.07 Å². The minimum atomic E-state index is -4.56. The molecule has 0 aliphatic carbocycles. The highest BCUT2D eigenvalue weighted by Gasteiger charge is 2.36. The highest BCUT2D eigenvalue weighted by atomic mass is 32.2. The third kappa shape index (κ3) is 4.68. The van der Waals surface area contributed by atoms with E-state index in [-0.39, 0.29) is 30.0 Å². The second-order valence-corrected chi connectivity index (χ2v) is 8.78. The molecular weight excluding hydrogens is 379 g/mol. The van der Waals surface area contributed by atoms with Crippen LogP contribution in [0.2, 0.25) is 0 Å². The molecule has 1 amide bonds. The summed E-state index contributed by atoms with van der Waals surface area (Å²) < 4.78 is 62.6. The van der Waals surface area contributed by atoms with Crippen LogP contribution in [0.4, 0.5) is 13.2 Å². The van der Waals surface area contributed by atoms with E-state index in [4.69, 9.17) is 0 Å². The van der Waals surface area contributed by atoms with Gasteiger partial charge < -0.3 is 4.90 Å². The molecule has 2 aromatic rings. The van der Waals surface area contributed by atoms with Gasteiger partial charge in [-0.25, -0.2) is 8.42 Å². The van der Waals surface area contributed by atoms with Gasteiger partial charge in [0.15, 0.2) is 9.84 Å². The molecule has 4 nitrogen and oxygen atoms in total. The first kappa shape index (κ1) is 19.4. The zero-order chi connectivity index (χ0) is 19.7. The number of sulfone groups is 1. The van der Waals surface area contributed by atoms with Gasteiger partial charge in [-0.2, -0.15) is 13.2 Å². The molecule has 1 heterocycles. The number of amides is 1. The number of hydrogen-bond donors (Lipinski definition) is 0. The van der Waals surface area contributed by atoms with E-state index in [1.165, 1.54) is 17.0 Å². The molecular formula is C19H18F3NO3S. The number of nitrogens with zero attached hydrogens (tertiary/aromatic N) is 1. The largest absolute Gasteiger partial charge is 0.416 e. The van der Waals surface area contributed by atoms with Crippen molar-refractivity contribution < 1.29 is 26.4 Å². The van der Waals surface area contributed by atoms with Gasteiger partial charge in [-0.1, -0.05) is 36.4 Å². The van der Waals surface area contributed by atoms with Crippen LogP contribution >= 0.6 is 0 Å². The van der Waals surface area contributed by atoms with Crippen molar-refractivity contribution in [2.75, 3.05) is 11.5 Å². The lowest BCUT2D eigenvalue weighted by molar-refractivity contribution is -0.137. The molecule has 0 aromatic heterocycles. The molecule has 1 aliphatic rings. The van der Waals surface area contributed by atoms with Gasteiger partial charge >= 0.3 is 6.18 Å². The molecule has 1 atom stereocenters. The molecule has 144 valence electrons. The van der Waals surface area contributed by atoms with Gasteiger partial charge in [0.25, 0.3) is 5.91 Å². The summed E-state index contributed by atoms with van der Waals surface area (Å²) in [6, 6.07) is 12.6. The van der Waals surface area contributed by atoms with Crippen LogP contribution < -0.4 is 0 Å². The Kier molecular flexibility index (Phi) is 5.28. The second kappa shape index (κ2) is 7.34. The number of hydrogen-bond acceptors (Lipinski definition) is 3. The van der Waals surface area contributed by atoms with E-state index in [9.17, 15) is 26.4 Å². The monoisotopic (exact) mass is 397 g/mol. The number of rotatable bonds is 4. The van der Waals surface area contributed by atoms with Crippen molar-refractivity contribution in [2.45, 2.75) is 25.2 Å². The molecule has 0 spiro atoms.